The predicted octanol–water partition coefficient (Wildman–Crippen LogP) is 3.36. The molecule has 1 unspecified atom stereocenters. The average Bonchev–Trinajstić information content (AvgIpc) is 3.28. The average molecular weight is 260 g/mol. The molecule has 0 aliphatic heterocycles. The number of benzene rings is 1. The number of nitro groups is 1. The summed E-state index contributed by atoms with van der Waals surface area (Å²) in [7, 11) is 0. The van der Waals surface area contributed by atoms with Crippen LogP contribution < -0.4 is 0 Å². The number of hydrogen-bond donors (Lipinski definition) is 0. The van der Waals surface area contributed by atoms with Gasteiger partial charge in [0, 0.05) is 30.3 Å². The van der Waals surface area contributed by atoms with Crippen LogP contribution in [0.25, 0.3) is 0 Å². The summed E-state index contributed by atoms with van der Waals surface area (Å²) in [6.07, 6.45) is 5.14. The van der Waals surface area contributed by atoms with E-state index in [1.54, 1.807) is 12.1 Å². The maximum Gasteiger partial charge on any atom is 0.273 e. The molecule has 0 spiro atoms. The SMILES string of the molecule is CC(C1CC1)N(Cc1ccccc1[N+](=O)[O-])C1CC1. The van der Waals surface area contributed by atoms with Crippen LogP contribution in [0.5, 0.6) is 0 Å². The molecule has 2 fully saturated rings. The maximum atomic E-state index is 11.1. The monoisotopic (exact) mass is 260 g/mol. The minimum absolute atomic E-state index is 0.260. The van der Waals surface area contributed by atoms with Gasteiger partial charge in [-0.3, -0.25) is 15.0 Å². The van der Waals surface area contributed by atoms with Crippen LogP contribution in [-0.4, -0.2) is 21.9 Å². The first-order valence-corrected chi connectivity index (χ1v) is 7.15. The smallest absolute Gasteiger partial charge is 0.273 e. The molecule has 0 aromatic heterocycles. The van der Waals surface area contributed by atoms with Crippen molar-refractivity contribution in [1.82, 2.24) is 4.90 Å². The summed E-state index contributed by atoms with van der Waals surface area (Å²) in [6.45, 7) is 3.00. The third-order valence-corrected chi connectivity index (χ3v) is 4.38. The lowest BCUT2D eigenvalue weighted by Crippen LogP contribution is -2.36. The van der Waals surface area contributed by atoms with Crippen molar-refractivity contribution in [3.8, 4) is 0 Å². The Hall–Kier alpha value is -1.42. The van der Waals surface area contributed by atoms with Gasteiger partial charge in [0.25, 0.3) is 5.69 Å². The first-order chi connectivity index (χ1) is 9.16. The van der Waals surface area contributed by atoms with E-state index in [0.29, 0.717) is 12.1 Å². The molecule has 4 nitrogen and oxygen atoms in total. The van der Waals surface area contributed by atoms with Crippen molar-refractivity contribution in [2.24, 2.45) is 5.92 Å². The molecule has 102 valence electrons. The van der Waals surface area contributed by atoms with E-state index < -0.39 is 0 Å². The third-order valence-electron chi connectivity index (χ3n) is 4.38. The number of nitrogens with zero attached hydrogens (tertiary/aromatic N) is 2. The largest absolute Gasteiger partial charge is 0.293 e. The van der Waals surface area contributed by atoms with Gasteiger partial charge in [0.15, 0.2) is 0 Å². The van der Waals surface area contributed by atoms with Gasteiger partial charge in [-0.25, -0.2) is 0 Å². The molecular formula is C15H20N2O2. The summed E-state index contributed by atoms with van der Waals surface area (Å²) in [5.74, 6) is 0.809. The Morgan fingerprint density at radius 2 is 2.00 bits per heavy atom. The predicted molar refractivity (Wildman–Crippen MR) is 73.8 cm³/mol. The van der Waals surface area contributed by atoms with Gasteiger partial charge >= 0.3 is 0 Å². The van der Waals surface area contributed by atoms with Crippen molar-refractivity contribution in [2.75, 3.05) is 0 Å². The van der Waals surface area contributed by atoms with Gasteiger partial charge in [0.05, 0.1) is 4.92 Å². The summed E-state index contributed by atoms with van der Waals surface area (Å²) in [5.41, 5.74) is 1.11. The molecule has 3 rings (SSSR count). The zero-order valence-corrected chi connectivity index (χ0v) is 11.3. The Bertz CT molecular complexity index is 481. The fraction of sp³-hybridized carbons (Fsp3) is 0.600. The van der Waals surface area contributed by atoms with E-state index in [0.717, 1.165) is 18.0 Å². The summed E-state index contributed by atoms with van der Waals surface area (Å²) >= 11 is 0. The van der Waals surface area contributed by atoms with Crippen molar-refractivity contribution in [3.05, 3.63) is 39.9 Å². The highest BCUT2D eigenvalue weighted by molar-refractivity contribution is 5.39. The fourth-order valence-electron chi connectivity index (χ4n) is 2.88. The van der Waals surface area contributed by atoms with Crippen molar-refractivity contribution in [2.45, 2.75) is 51.2 Å². The van der Waals surface area contributed by atoms with Crippen molar-refractivity contribution >= 4 is 5.69 Å². The molecule has 0 heterocycles. The van der Waals surface area contributed by atoms with Crippen molar-refractivity contribution < 1.29 is 4.92 Å². The Morgan fingerprint density at radius 1 is 1.32 bits per heavy atom. The molecule has 2 aliphatic rings. The molecule has 0 amide bonds. The molecule has 0 saturated heterocycles. The first kappa shape index (κ1) is 12.6. The topological polar surface area (TPSA) is 46.4 Å². The quantitative estimate of drug-likeness (QED) is 0.582. The summed E-state index contributed by atoms with van der Waals surface area (Å²) in [5, 5.41) is 11.1. The van der Waals surface area contributed by atoms with Gasteiger partial charge in [-0.2, -0.15) is 0 Å². The lowest BCUT2D eigenvalue weighted by atomic mass is 10.1. The van der Waals surface area contributed by atoms with Gasteiger partial charge in [-0.1, -0.05) is 18.2 Å². The van der Waals surface area contributed by atoms with E-state index in [-0.39, 0.29) is 10.6 Å². The number of rotatable bonds is 6. The van der Waals surface area contributed by atoms with Crippen molar-refractivity contribution in [3.63, 3.8) is 0 Å². The van der Waals surface area contributed by atoms with Crippen molar-refractivity contribution in [1.29, 1.82) is 0 Å². The van der Waals surface area contributed by atoms with E-state index in [9.17, 15) is 10.1 Å². The van der Waals surface area contributed by atoms with Crippen LogP contribution in [0.2, 0.25) is 0 Å². The Balaban J connectivity index is 1.79. The first-order valence-electron chi connectivity index (χ1n) is 7.15. The molecule has 0 bridgehead atoms. The molecule has 2 saturated carbocycles. The van der Waals surface area contributed by atoms with Gasteiger partial charge in [0.2, 0.25) is 0 Å². The van der Waals surface area contributed by atoms with Crippen LogP contribution in [0.1, 0.15) is 38.2 Å². The molecule has 19 heavy (non-hydrogen) atoms. The van der Waals surface area contributed by atoms with Gasteiger partial charge in [0.1, 0.15) is 0 Å². The molecule has 1 aromatic carbocycles. The molecule has 0 radical (unpaired) electrons. The molecule has 4 heteroatoms. The second-order valence-corrected chi connectivity index (χ2v) is 5.87. The molecule has 1 aromatic rings. The summed E-state index contributed by atoms with van der Waals surface area (Å²) in [6, 6.07) is 8.36. The third kappa shape index (κ3) is 2.78. The summed E-state index contributed by atoms with van der Waals surface area (Å²) < 4.78 is 0. The van der Waals surface area contributed by atoms with Crippen LogP contribution in [0, 0.1) is 16.0 Å². The number of hydrogen-bond acceptors (Lipinski definition) is 3. The Morgan fingerprint density at radius 3 is 2.58 bits per heavy atom. The Kier molecular flexibility index (Phi) is 3.27. The lowest BCUT2D eigenvalue weighted by Gasteiger charge is -2.29. The van der Waals surface area contributed by atoms with Crippen LogP contribution in [0.4, 0.5) is 5.69 Å². The zero-order valence-electron chi connectivity index (χ0n) is 11.3. The van der Waals surface area contributed by atoms with E-state index in [2.05, 4.69) is 11.8 Å². The fourth-order valence-corrected chi connectivity index (χ4v) is 2.88. The number of nitro benzene ring substituents is 1. The molecule has 2 aliphatic carbocycles. The minimum Gasteiger partial charge on any atom is -0.293 e. The van der Waals surface area contributed by atoms with Gasteiger partial charge in [-0.05, 0) is 38.5 Å². The molecule has 0 N–H and O–H groups in total. The standard InChI is InChI=1S/C15H20N2O2/c1-11(12-6-7-12)16(14-8-9-14)10-13-4-2-3-5-15(13)17(18)19/h2-5,11-12,14H,6-10H2,1H3. The van der Waals surface area contributed by atoms with Crippen LogP contribution >= 0.6 is 0 Å². The zero-order chi connectivity index (χ0) is 13.4. The van der Waals surface area contributed by atoms with E-state index in [1.807, 2.05) is 12.1 Å². The van der Waals surface area contributed by atoms with Gasteiger partial charge < -0.3 is 0 Å². The second-order valence-electron chi connectivity index (χ2n) is 5.87. The summed E-state index contributed by atoms with van der Waals surface area (Å²) in [4.78, 5) is 13.3. The second kappa shape index (κ2) is 4.93. The molecule has 1 atom stereocenters. The van der Waals surface area contributed by atoms with Crippen LogP contribution in [0.15, 0.2) is 24.3 Å². The highest BCUT2D eigenvalue weighted by atomic mass is 16.6. The van der Waals surface area contributed by atoms with Crippen LogP contribution in [0.3, 0.4) is 0 Å². The number of para-hydroxylation sites is 1. The highest BCUT2D eigenvalue weighted by Gasteiger charge is 2.39. The Labute approximate surface area is 113 Å². The maximum absolute atomic E-state index is 11.1. The highest BCUT2D eigenvalue weighted by Crippen LogP contribution is 2.40. The van der Waals surface area contributed by atoms with Gasteiger partial charge in [-0.15, -0.1) is 0 Å². The van der Waals surface area contributed by atoms with E-state index in [4.69, 9.17) is 0 Å². The normalized spacial score (nSPS) is 20.5. The lowest BCUT2D eigenvalue weighted by molar-refractivity contribution is -0.385. The van der Waals surface area contributed by atoms with E-state index >= 15 is 0 Å². The minimum atomic E-state index is -0.262. The van der Waals surface area contributed by atoms with E-state index in [1.165, 1.54) is 25.7 Å². The van der Waals surface area contributed by atoms with Crippen LogP contribution in [-0.2, 0) is 6.54 Å². The molecular weight excluding hydrogens is 240 g/mol.